The standard InChI is InChI=1S/C23H20/c1-2-7-18(8-3-1)9-6-10-19-13-16-23-21(17-19)15-14-20-11-4-5-12-22(20)23/h1-5,7-8,11-17H,6,9-10H2. The summed E-state index contributed by atoms with van der Waals surface area (Å²) in [5.74, 6) is 0. The normalized spacial score (nSPS) is 11.1. The molecule has 23 heavy (non-hydrogen) atoms. The lowest BCUT2D eigenvalue weighted by Crippen LogP contribution is -1.90. The maximum Gasteiger partial charge on any atom is -0.0105 e. The fourth-order valence-electron chi connectivity index (χ4n) is 3.36. The number of aryl methyl sites for hydroxylation is 2. The molecule has 0 saturated carbocycles. The molecular formula is C23H20. The number of benzene rings is 4. The van der Waals surface area contributed by atoms with Gasteiger partial charge in [-0.2, -0.15) is 0 Å². The Balaban J connectivity index is 1.56. The summed E-state index contributed by atoms with van der Waals surface area (Å²) in [5.41, 5.74) is 2.86. The van der Waals surface area contributed by atoms with E-state index in [4.69, 9.17) is 0 Å². The predicted molar refractivity (Wildman–Crippen MR) is 99.9 cm³/mol. The molecule has 0 aliphatic heterocycles. The molecule has 4 aromatic carbocycles. The van der Waals surface area contributed by atoms with Crippen LogP contribution in [0.4, 0.5) is 0 Å². The molecule has 0 bridgehead atoms. The minimum absolute atomic E-state index is 1.14. The van der Waals surface area contributed by atoms with Crippen LogP contribution in [0, 0.1) is 0 Å². The molecule has 0 heterocycles. The SMILES string of the molecule is c1ccc(CCCc2ccc3c(ccc4ccccc43)c2)cc1. The Kier molecular flexibility index (Phi) is 3.81. The Bertz CT molecular complexity index is 936. The van der Waals surface area contributed by atoms with Gasteiger partial charge in [0.1, 0.15) is 0 Å². The van der Waals surface area contributed by atoms with E-state index >= 15 is 0 Å². The summed E-state index contributed by atoms with van der Waals surface area (Å²) in [6, 6.07) is 30.8. The molecule has 0 aromatic heterocycles. The van der Waals surface area contributed by atoms with Gasteiger partial charge in [0.05, 0.1) is 0 Å². The van der Waals surface area contributed by atoms with Crippen molar-refractivity contribution in [1.82, 2.24) is 0 Å². The van der Waals surface area contributed by atoms with Crippen LogP contribution in [0.25, 0.3) is 21.5 Å². The third-order valence-electron chi connectivity index (χ3n) is 4.58. The molecule has 0 heteroatoms. The second kappa shape index (κ2) is 6.26. The van der Waals surface area contributed by atoms with E-state index in [1.54, 1.807) is 0 Å². The van der Waals surface area contributed by atoms with Crippen molar-refractivity contribution < 1.29 is 0 Å². The molecule has 0 aliphatic rings. The second-order valence-electron chi connectivity index (χ2n) is 6.18. The lowest BCUT2D eigenvalue weighted by molar-refractivity contribution is 0.821. The van der Waals surface area contributed by atoms with Crippen molar-refractivity contribution >= 4 is 21.5 Å². The van der Waals surface area contributed by atoms with Gasteiger partial charge in [-0.05, 0) is 51.9 Å². The molecule has 0 unspecified atom stereocenters. The molecule has 4 rings (SSSR count). The molecule has 0 atom stereocenters. The highest BCUT2D eigenvalue weighted by Gasteiger charge is 2.02. The molecule has 0 N–H and O–H groups in total. The van der Waals surface area contributed by atoms with E-state index in [0.717, 1.165) is 12.8 Å². The average Bonchev–Trinajstić information content (AvgIpc) is 2.62. The third kappa shape index (κ3) is 2.98. The van der Waals surface area contributed by atoms with Crippen LogP contribution < -0.4 is 0 Å². The predicted octanol–water partition coefficient (Wildman–Crippen LogP) is 6.17. The van der Waals surface area contributed by atoms with Crippen LogP contribution in [0.15, 0.2) is 84.9 Å². The third-order valence-corrected chi connectivity index (χ3v) is 4.58. The molecule has 4 aromatic rings. The zero-order valence-corrected chi connectivity index (χ0v) is 13.2. The molecule has 0 spiro atoms. The smallest absolute Gasteiger partial charge is 0.0105 e. The molecule has 0 aliphatic carbocycles. The lowest BCUT2D eigenvalue weighted by atomic mass is 9.98. The van der Waals surface area contributed by atoms with E-state index in [-0.39, 0.29) is 0 Å². The first-order valence-corrected chi connectivity index (χ1v) is 8.34. The van der Waals surface area contributed by atoms with E-state index in [2.05, 4.69) is 84.9 Å². The first-order valence-electron chi connectivity index (χ1n) is 8.34. The molecule has 0 amide bonds. The zero-order valence-electron chi connectivity index (χ0n) is 13.2. The molecule has 0 nitrogen and oxygen atoms in total. The van der Waals surface area contributed by atoms with Gasteiger partial charge in [-0.1, -0.05) is 84.9 Å². The fourth-order valence-corrected chi connectivity index (χ4v) is 3.36. The van der Waals surface area contributed by atoms with E-state index < -0.39 is 0 Å². The quantitative estimate of drug-likeness (QED) is 0.395. The van der Waals surface area contributed by atoms with Crippen molar-refractivity contribution in [2.45, 2.75) is 19.3 Å². The van der Waals surface area contributed by atoms with Crippen LogP contribution in [0.3, 0.4) is 0 Å². The second-order valence-corrected chi connectivity index (χ2v) is 6.18. The van der Waals surface area contributed by atoms with Gasteiger partial charge in [0.15, 0.2) is 0 Å². The Hall–Kier alpha value is -2.60. The van der Waals surface area contributed by atoms with E-state index in [1.165, 1.54) is 39.1 Å². The molecule has 112 valence electrons. The highest BCUT2D eigenvalue weighted by molar-refractivity contribution is 6.07. The van der Waals surface area contributed by atoms with Gasteiger partial charge in [-0.25, -0.2) is 0 Å². The number of hydrogen-bond acceptors (Lipinski definition) is 0. The highest BCUT2D eigenvalue weighted by atomic mass is 14.1. The van der Waals surface area contributed by atoms with Gasteiger partial charge < -0.3 is 0 Å². The minimum atomic E-state index is 1.14. The Morgan fingerprint density at radius 1 is 0.478 bits per heavy atom. The first kappa shape index (κ1) is 14.0. The van der Waals surface area contributed by atoms with Gasteiger partial charge in [0, 0.05) is 0 Å². The molecule has 0 saturated heterocycles. The van der Waals surface area contributed by atoms with Crippen LogP contribution in [0.5, 0.6) is 0 Å². The average molecular weight is 296 g/mol. The maximum absolute atomic E-state index is 2.35. The summed E-state index contributed by atoms with van der Waals surface area (Å²) in [6.45, 7) is 0. The van der Waals surface area contributed by atoms with Gasteiger partial charge >= 0.3 is 0 Å². The summed E-state index contributed by atoms with van der Waals surface area (Å²) in [7, 11) is 0. The van der Waals surface area contributed by atoms with Crippen molar-refractivity contribution in [2.75, 3.05) is 0 Å². The van der Waals surface area contributed by atoms with Crippen LogP contribution in [0.2, 0.25) is 0 Å². The topological polar surface area (TPSA) is 0 Å². The summed E-state index contributed by atoms with van der Waals surface area (Å²) in [6.07, 6.45) is 3.48. The largest absolute Gasteiger partial charge is 0.0622 e. The maximum atomic E-state index is 2.35. The van der Waals surface area contributed by atoms with Crippen molar-refractivity contribution in [3.05, 3.63) is 96.1 Å². The Labute approximate surface area is 137 Å². The van der Waals surface area contributed by atoms with Crippen LogP contribution in [-0.4, -0.2) is 0 Å². The van der Waals surface area contributed by atoms with Gasteiger partial charge in [0.25, 0.3) is 0 Å². The van der Waals surface area contributed by atoms with Crippen molar-refractivity contribution in [3.8, 4) is 0 Å². The fraction of sp³-hybridized carbons (Fsp3) is 0.130. The van der Waals surface area contributed by atoms with Gasteiger partial charge in [-0.15, -0.1) is 0 Å². The van der Waals surface area contributed by atoms with Crippen molar-refractivity contribution in [1.29, 1.82) is 0 Å². The van der Waals surface area contributed by atoms with E-state index in [1.807, 2.05) is 0 Å². The summed E-state index contributed by atoms with van der Waals surface area (Å²) in [5, 5.41) is 5.37. The molecular weight excluding hydrogens is 276 g/mol. The first-order chi connectivity index (χ1) is 11.4. The summed E-state index contributed by atoms with van der Waals surface area (Å²) < 4.78 is 0. The zero-order chi connectivity index (χ0) is 15.5. The van der Waals surface area contributed by atoms with Crippen molar-refractivity contribution in [2.24, 2.45) is 0 Å². The van der Waals surface area contributed by atoms with Crippen LogP contribution in [0.1, 0.15) is 17.5 Å². The highest BCUT2D eigenvalue weighted by Crippen LogP contribution is 2.26. The van der Waals surface area contributed by atoms with Crippen LogP contribution in [-0.2, 0) is 12.8 Å². The van der Waals surface area contributed by atoms with Gasteiger partial charge in [0.2, 0.25) is 0 Å². The monoisotopic (exact) mass is 296 g/mol. The van der Waals surface area contributed by atoms with E-state index in [9.17, 15) is 0 Å². The molecule has 0 radical (unpaired) electrons. The summed E-state index contributed by atoms with van der Waals surface area (Å²) >= 11 is 0. The number of hydrogen-bond donors (Lipinski definition) is 0. The lowest BCUT2D eigenvalue weighted by Gasteiger charge is -2.07. The molecule has 0 fully saturated rings. The van der Waals surface area contributed by atoms with Gasteiger partial charge in [-0.3, -0.25) is 0 Å². The van der Waals surface area contributed by atoms with Crippen LogP contribution >= 0.6 is 0 Å². The number of rotatable bonds is 4. The van der Waals surface area contributed by atoms with E-state index in [0.29, 0.717) is 0 Å². The summed E-state index contributed by atoms with van der Waals surface area (Å²) in [4.78, 5) is 0. The minimum Gasteiger partial charge on any atom is -0.0622 e. The number of fused-ring (bicyclic) bond motifs is 3. The Morgan fingerprint density at radius 3 is 2.09 bits per heavy atom. The Morgan fingerprint density at radius 2 is 1.17 bits per heavy atom. The van der Waals surface area contributed by atoms with Crippen molar-refractivity contribution in [3.63, 3.8) is 0 Å².